The standard InChI is InChI=1S/C23H19ClF3N5O2/c24-16-7-8-19(28-13-16)30-21(33)15-6-9-20(29-12-15)31-10-3-11-32(14-31)22(34)17-4-1-2-5-18(17)23(25,26)27/h1-2,4-9,12-13H,3,10-11,14H2,(H,28,30,33). The summed E-state index contributed by atoms with van der Waals surface area (Å²) in [5.41, 5.74) is -1.04. The van der Waals surface area contributed by atoms with Crippen LogP contribution in [-0.2, 0) is 6.18 Å². The van der Waals surface area contributed by atoms with Gasteiger partial charge in [0.1, 0.15) is 11.6 Å². The number of alkyl halides is 3. The number of hydrogen-bond acceptors (Lipinski definition) is 5. The fourth-order valence-electron chi connectivity index (χ4n) is 3.59. The third kappa shape index (κ3) is 5.28. The number of benzene rings is 1. The van der Waals surface area contributed by atoms with Crippen molar-refractivity contribution in [1.29, 1.82) is 0 Å². The largest absolute Gasteiger partial charge is 0.417 e. The van der Waals surface area contributed by atoms with Gasteiger partial charge in [-0.3, -0.25) is 9.59 Å². The summed E-state index contributed by atoms with van der Waals surface area (Å²) < 4.78 is 40.0. The summed E-state index contributed by atoms with van der Waals surface area (Å²) in [7, 11) is 0. The van der Waals surface area contributed by atoms with Crippen molar-refractivity contribution in [3.63, 3.8) is 0 Å². The maximum atomic E-state index is 13.3. The Bertz CT molecular complexity index is 1190. The molecule has 2 aromatic heterocycles. The first-order valence-electron chi connectivity index (χ1n) is 10.3. The second-order valence-corrected chi connectivity index (χ2v) is 8.03. The third-order valence-corrected chi connectivity index (χ3v) is 5.47. The molecule has 7 nitrogen and oxygen atoms in total. The lowest BCUT2D eigenvalue weighted by molar-refractivity contribution is -0.138. The Labute approximate surface area is 198 Å². The highest BCUT2D eigenvalue weighted by atomic mass is 35.5. The van der Waals surface area contributed by atoms with Crippen molar-refractivity contribution < 1.29 is 22.8 Å². The molecule has 176 valence electrons. The van der Waals surface area contributed by atoms with Gasteiger partial charge in [0.05, 0.1) is 28.4 Å². The van der Waals surface area contributed by atoms with Crippen molar-refractivity contribution in [3.8, 4) is 0 Å². The molecule has 0 unspecified atom stereocenters. The topological polar surface area (TPSA) is 78.4 Å². The molecule has 4 rings (SSSR count). The Morgan fingerprint density at radius 1 is 0.971 bits per heavy atom. The monoisotopic (exact) mass is 489 g/mol. The molecule has 3 aromatic rings. The van der Waals surface area contributed by atoms with E-state index in [0.717, 1.165) is 6.07 Å². The Morgan fingerprint density at radius 3 is 2.44 bits per heavy atom. The van der Waals surface area contributed by atoms with Crippen molar-refractivity contribution in [2.45, 2.75) is 12.6 Å². The second kappa shape index (κ2) is 9.68. The molecule has 0 saturated carbocycles. The molecule has 0 radical (unpaired) electrons. The van der Waals surface area contributed by atoms with E-state index in [1.807, 2.05) is 0 Å². The summed E-state index contributed by atoms with van der Waals surface area (Å²) >= 11 is 5.78. The lowest BCUT2D eigenvalue weighted by Crippen LogP contribution is -2.48. The molecule has 0 spiro atoms. The highest BCUT2D eigenvalue weighted by Gasteiger charge is 2.36. The molecule has 1 aromatic carbocycles. The van der Waals surface area contributed by atoms with E-state index < -0.39 is 23.6 Å². The van der Waals surface area contributed by atoms with Crippen molar-refractivity contribution in [2.75, 3.05) is 30.0 Å². The van der Waals surface area contributed by atoms with Crippen LogP contribution in [0.5, 0.6) is 0 Å². The summed E-state index contributed by atoms with van der Waals surface area (Å²) in [5, 5.41) is 3.08. The van der Waals surface area contributed by atoms with Crippen LogP contribution in [0.25, 0.3) is 0 Å². The molecule has 0 atom stereocenters. The molecule has 11 heteroatoms. The summed E-state index contributed by atoms with van der Waals surface area (Å²) in [4.78, 5) is 36.8. The van der Waals surface area contributed by atoms with Gasteiger partial charge in [0.15, 0.2) is 0 Å². The minimum absolute atomic E-state index is 0.0816. The van der Waals surface area contributed by atoms with E-state index in [2.05, 4.69) is 15.3 Å². The minimum Gasteiger partial charge on any atom is -0.339 e. The van der Waals surface area contributed by atoms with Crippen LogP contribution in [0.1, 0.15) is 32.7 Å². The van der Waals surface area contributed by atoms with Crippen LogP contribution in [0.2, 0.25) is 5.02 Å². The number of halogens is 4. The normalized spacial score (nSPS) is 14.1. The van der Waals surface area contributed by atoms with Gasteiger partial charge < -0.3 is 15.1 Å². The van der Waals surface area contributed by atoms with Gasteiger partial charge in [0.25, 0.3) is 11.8 Å². The minimum atomic E-state index is -4.62. The average molecular weight is 490 g/mol. The number of rotatable bonds is 4. The van der Waals surface area contributed by atoms with Crippen LogP contribution in [0, 0.1) is 0 Å². The van der Waals surface area contributed by atoms with Crippen LogP contribution in [0.15, 0.2) is 60.9 Å². The van der Waals surface area contributed by atoms with E-state index >= 15 is 0 Å². The average Bonchev–Trinajstić information content (AvgIpc) is 2.84. The number of nitrogens with zero attached hydrogens (tertiary/aromatic N) is 4. The van der Waals surface area contributed by atoms with Gasteiger partial charge in [-0.1, -0.05) is 23.7 Å². The Balaban J connectivity index is 1.45. The Hall–Kier alpha value is -3.66. The molecular weight excluding hydrogens is 471 g/mol. The number of hydrogen-bond donors (Lipinski definition) is 1. The zero-order valence-corrected chi connectivity index (χ0v) is 18.5. The van der Waals surface area contributed by atoms with E-state index in [9.17, 15) is 22.8 Å². The quantitative estimate of drug-likeness (QED) is 0.574. The number of nitrogens with one attached hydrogen (secondary N) is 1. The lowest BCUT2D eigenvalue weighted by atomic mass is 10.1. The van der Waals surface area contributed by atoms with Crippen LogP contribution in [0.4, 0.5) is 24.8 Å². The fourth-order valence-corrected chi connectivity index (χ4v) is 3.70. The predicted octanol–water partition coefficient (Wildman–Crippen LogP) is 4.71. The Kier molecular flexibility index (Phi) is 6.69. The molecule has 0 aliphatic carbocycles. The smallest absolute Gasteiger partial charge is 0.339 e. The summed E-state index contributed by atoms with van der Waals surface area (Å²) in [5.74, 6) is -0.261. The van der Waals surface area contributed by atoms with E-state index in [-0.39, 0.29) is 12.2 Å². The first-order valence-corrected chi connectivity index (χ1v) is 10.7. The fraction of sp³-hybridized carbons (Fsp3) is 0.217. The van der Waals surface area contributed by atoms with E-state index in [0.29, 0.717) is 41.7 Å². The van der Waals surface area contributed by atoms with E-state index in [1.54, 1.807) is 29.2 Å². The van der Waals surface area contributed by atoms with Crippen molar-refractivity contribution in [1.82, 2.24) is 14.9 Å². The zero-order chi connectivity index (χ0) is 24.3. The number of carbonyl (C=O) groups is 2. The van der Waals surface area contributed by atoms with Crippen molar-refractivity contribution >= 4 is 35.1 Å². The molecule has 3 heterocycles. The van der Waals surface area contributed by atoms with Crippen LogP contribution in [-0.4, -0.2) is 46.4 Å². The highest BCUT2D eigenvalue weighted by molar-refractivity contribution is 6.30. The van der Waals surface area contributed by atoms with Gasteiger partial charge in [-0.05, 0) is 42.8 Å². The Morgan fingerprint density at radius 2 is 1.76 bits per heavy atom. The second-order valence-electron chi connectivity index (χ2n) is 7.59. The van der Waals surface area contributed by atoms with Gasteiger partial charge in [-0.15, -0.1) is 0 Å². The summed E-state index contributed by atoms with van der Waals surface area (Å²) in [6.07, 6.45) is -1.26. The van der Waals surface area contributed by atoms with Gasteiger partial charge >= 0.3 is 6.18 Å². The molecule has 1 N–H and O–H groups in total. The van der Waals surface area contributed by atoms with Gasteiger partial charge in [0.2, 0.25) is 0 Å². The summed E-state index contributed by atoms with van der Waals surface area (Å²) in [6, 6.07) is 11.1. The van der Waals surface area contributed by atoms with Gasteiger partial charge in [-0.25, -0.2) is 9.97 Å². The zero-order valence-electron chi connectivity index (χ0n) is 17.7. The number of amides is 2. The van der Waals surface area contributed by atoms with Crippen LogP contribution < -0.4 is 10.2 Å². The number of aromatic nitrogens is 2. The number of pyridine rings is 2. The third-order valence-electron chi connectivity index (χ3n) is 5.25. The first kappa shape index (κ1) is 23.5. The van der Waals surface area contributed by atoms with E-state index in [1.165, 1.54) is 35.5 Å². The highest BCUT2D eigenvalue weighted by Crippen LogP contribution is 2.32. The maximum absolute atomic E-state index is 13.3. The lowest BCUT2D eigenvalue weighted by Gasteiger charge is -2.36. The predicted molar refractivity (Wildman–Crippen MR) is 121 cm³/mol. The summed E-state index contributed by atoms with van der Waals surface area (Å²) in [6.45, 7) is 0.978. The van der Waals surface area contributed by atoms with Gasteiger partial charge in [-0.2, -0.15) is 13.2 Å². The van der Waals surface area contributed by atoms with Gasteiger partial charge in [0, 0.05) is 25.5 Å². The van der Waals surface area contributed by atoms with Crippen molar-refractivity contribution in [3.05, 3.63) is 82.6 Å². The first-order chi connectivity index (χ1) is 16.2. The molecule has 1 fully saturated rings. The van der Waals surface area contributed by atoms with Crippen LogP contribution >= 0.6 is 11.6 Å². The molecule has 1 aliphatic rings. The number of anilines is 2. The number of carbonyl (C=O) groups excluding carboxylic acids is 2. The molecular formula is C23H19ClF3N5O2. The molecule has 2 amide bonds. The van der Waals surface area contributed by atoms with E-state index in [4.69, 9.17) is 11.6 Å². The van der Waals surface area contributed by atoms with Crippen LogP contribution in [0.3, 0.4) is 0 Å². The molecule has 1 aliphatic heterocycles. The SMILES string of the molecule is O=C(Nc1ccc(Cl)cn1)c1ccc(N2CCCN(C(=O)c3ccccc3C(F)(F)F)C2)nc1. The maximum Gasteiger partial charge on any atom is 0.417 e. The molecule has 1 saturated heterocycles. The molecule has 0 bridgehead atoms. The van der Waals surface area contributed by atoms with Crippen molar-refractivity contribution in [2.24, 2.45) is 0 Å². The molecule has 34 heavy (non-hydrogen) atoms.